The lowest BCUT2D eigenvalue weighted by Gasteiger charge is -2.10. The highest BCUT2D eigenvalue weighted by atomic mass is 16.5. The summed E-state index contributed by atoms with van der Waals surface area (Å²) in [5, 5.41) is 4.96. The fourth-order valence-corrected chi connectivity index (χ4v) is 1.40. The summed E-state index contributed by atoms with van der Waals surface area (Å²) in [6, 6.07) is 6.85. The van der Waals surface area contributed by atoms with E-state index in [-0.39, 0.29) is 24.9 Å². The summed E-state index contributed by atoms with van der Waals surface area (Å²) in [7, 11) is 0. The normalized spacial score (nSPS) is 9.26. The molecular formula is C14H16N2O3. The highest BCUT2D eigenvalue weighted by Gasteiger charge is 2.12. The van der Waals surface area contributed by atoms with Gasteiger partial charge in [-0.15, -0.1) is 6.42 Å². The minimum Gasteiger partial charge on any atom is -0.493 e. The van der Waals surface area contributed by atoms with E-state index >= 15 is 0 Å². The Morgan fingerprint density at radius 2 is 2.05 bits per heavy atom. The fraction of sp³-hybridized carbons (Fsp3) is 0.286. The number of para-hydroxylation sites is 1. The molecule has 0 saturated heterocycles. The van der Waals surface area contributed by atoms with Crippen LogP contribution in [0.5, 0.6) is 5.75 Å². The zero-order valence-corrected chi connectivity index (χ0v) is 10.7. The average Bonchev–Trinajstić information content (AvgIpc) is 2.43. The maximum Gasteiger partial charge on any atom is 0.255 e. The highest BCUT2D eigenvalue weighted by molar-refractivity contribution is 5.98. The molecule has 0 aliphatic rings. The number of hydrogen-bond donors (Lipinski definition) is 2. The molecule has 0 unspecified atom stereocenters. The Morgan fingerprint density at radius 1 is 1.32 bits per heavy atom. The van der Waals surface area contributed by atoms with Gasteiger partial charge in [0.1, 0.15) is 5.75 Å². The van der Waals surface area contributed by atoms with Crippen LogP contribution in [0.2, 0.25) is 0 Å². The number of terminal acetylenes is 1. The van der Waals surface area contributed by atoms with Crippen molar-refractivity contribution in [2.45, 2.75) is 6.92 Å². The van der Waals surface area contributed by atoms with Gasteiger partial charge in [-0.2, -0.15) is 0 Å². The first kappa shape index (κ1) is 14.6. The largest absolute Gasteiger partial charge is 0.493 e. The standard InChI is InChI=1S/C14H16N2O3/c1-3-9-15-13(17)10-16-14(18)11-7-5-6-8-12(11)19-4-2/h1,5-8H,4,9-10H2,2H3,(H,15,17)(H,16,18). The zero-order chi connectivity index (χ0) is 14.1. The summed E-state index contributed by atoms with van der Waals surface area (Å²) in [6.07, 6.45) is 5.01. The molecule has 2 N–H and O–H groups in total. The van der Waals surface area contributed by atoms with Crippen molar-refractivity contribution in [2.75, 3.05) is 19.7 Å². The smallest absolute Gasteiger partial charge is 0.255 e. The van der Waals surface area contributed by atoms with E-state index in [1.165, 1.54) is 0 Å². The van der Waals surface area contributed by atoms with Gasteiger partial charge in [0.25, 0.3) is 5.91 Å². The molecule has 5 heteroatoms. The van der Waals surface area contributed by atoms with E-state index in [1.807, 2.05) is 6.92 Å². The first-order chi connectivity index (χ1) is 9.19. The van der Waals surface area contributed by atoms with E-state index in [1.54, 1.807) is 24.3 Å². The van der Waals surface area contributed by atoms with Gasteiger partial charge in [-0.1, -0.05) is 18.1 Å². The van der Waals surface area contributed by atoms with Gasteiger partial charge in [0.05, 0.1) is 25.3 Å². The Hall–Kier alpha value is -2.48. The van der Waals surface area contributed by atoms with Crippen molar-refractivity contribution in [1.82, 2.24) is 10.6 Å². The van der Waals surface area contributed by atoms with Gasteiger partial charge < -0.3 is 15.4 Å². The van der Waals surface area contributed by atoms with Crippen molar-refractivity contribution in [3.8, 4) is 18.1 Å². The predicted molar refractivity (Wildman–Crippen MR) is 71.8 cm³/mol. The van der Waals surface area contributed by atoms with Crippen LogP contribution in [0.25, 0.3) is 0 Å². The topological polar surface area (TPSA) is 67.4 Å². The average molecular weight is 260 g/mol. The number of carbonyl (C=O) groups is 2. The minimum atomic E-state index is -0.361. The Labute approximate surface area is 112 Å². The molecule has 0 heterocycles. The zero-order valence-electron chi connectivity index (χ0n) is 10.7. The molecule has 1 rings (SSSR count). The summed E-state index contributed by atoms with van der Waals surface area (Å²) in [5.41, 5.74) is 0.397. The van der Waals surface area contributed by atoms with Crippen LogP contribution in [0, 0.1) is 12.3 Å². The molecule has 0 bridgehead atoms. The van der Waals surface area contributed by atoms with Crippen LogP contribution in [-0.4, -0.2) is 31.5 Å². The second kappa shape index (κ2) is 7.77. The number of nitrogens with one attached hydrogen (secondary N) is 2. The minimum absolute atomic E-state index is 0.124. The molecule has 0 atom stereocenters. The summed E-state index contributed by atoms with van der Waals surface area (Å²) in [5.74, 6) is 2.08. The van der Waals surface area contributed by atoms with Crippen LogP contribution < -0.4 is 15.4 Å². The fourth-order valence-electron chi connectivity index (χ4n) is 1.40. The summed E-state index contributed by atoms with van der Waals surface area (Å²) in [6.45, 7) is 2.32. The van der Waals surface area contributed by atoms with Crippen molar-refractivity contribution in [2.24, 2.45) is 0 Å². The summed E-state index contributed by atoms with van der Waals surface area (Å²) < 4.78 is 5.34. The number of rotatable bonds is 6. The molecule has 1 aromatic carbocycles. The van der Waals surface area contributed by atoms with Crippen molar-refractivity contribution >= 4 is 11.8 Å². The van der Waals surface area contributed by atoms with Gasteiger partial charge in [0.15, 0.2) is 0 Å². The van der Waals surface area contributed by atoms with Gasteiger partial charge in [-0.25, -0.2) is 0 Å². The Balaban J connectivity index is 2.59. The van der Waals surface area contributed by atoms with Gasteiger partial charge in [0.2, 0.25) is 5.91 Å². The van der Waals surface area contributed by atoms with Gasteiger partial charge in [-0.3, -0.25) is 9.59 Å². The van der Waals surface area contributed by atoms with Gasteiger partial charge >= 0.3 is 0 Å². The first-order valence-corrected chi connectivity index (χ1v) is 5.89. The third-order valence-electron chi connectivity index (χ3n) is 2.23. The number of benzene rings is 1. The van der Waals surface area contributed by atoms with Gasteiger partial charge in [0, 0.05) is 0 Å². The molecular weight excluding hydrogens is 244 g/mol. The van der Waals surface area contributed by atoms with E-state index < -0.39 is 0 Å². The van der Waals surface area contributed by atoms with Crippen LogP contribution >= 0.6 is 0 Å². The lowest BCUT2D eigenvalue weighted by molar-refractivity contribution is -0.119. The Kier molecular flexibility index (Phi) is 5.96. The van der Waals surface area contributed by atoms with E-state index in [0.29, 0.717) is 17.9 Å². The van der Waals surface area contributed by atoms with Crippen LogP contribution in [0.15, 0.2) is 24.3 Å². The molecule has 0 radical (unpaired) electrons. The summed E-state index contributed by atoms with van der Waals surface area (Å²) in [4.78, 5) is 23.2. The van der Waals surface area contributed by atoms with Crippen LogP contribution in [0.4, 0.5) is 0 Å². The number of carbonyl (C=O) groups excluding carboxylic acids is 2. The first-order valence-electron chi connectivity index (χ1n) is 5.89. The molecule has 5 nitrogen and oxygen atoms in total. The maximum absolute atomic E-state index is 11.9. The second-order valence-corrected chi connectivity index (χ2v) is 3.59. The molecule has 19 heavy (non-hydrogen) atoms. The van der Waals surface area contributed by atoms with Crippen LogP contribution in [-0.2, 0) is 4.79 Å². The number of ether oxygens (including phenoxy) is 1. The highest BCUT2D eigenvalue weighted by Crippen LogP contribution is 2.17. The molecule has 100 valence electrons. The van der Waals surface area contributed by atoms with E-state index in [9.17, 15) is 9.59 Å². The molecule has 0 aliphatic heterocycles. The predicted octanol–water partition coefficient (Wildman–Crippen LogP) is 0.564. The molecule has 0 fully saturated rings. The third-order valence-corrected chi connectivity index (χ3v) is 2.23. The van der Waals surface area contributed by atoms with Crippen molar-refractivity contribution in [3.05, 3.63) is 29.8 Å². The molecule has 0 spiro atoms. The van der Waals surface area contributed by atoms with Crippen molar-refractivity contribution in [3.63, 3.8) is 0 Å². The molecule has 0 aromatic heterocycles. The van der Waals surface area contributed by atoms with E-state index in [4.69, 9.17) is 11.2 Å². The molecule has 0 saturated carbocycles. The number of amides is 2. The monoisotopic (exact) mass is 260 g/mol. The lowest BCUT2D eigenvalue weighted by Crippen LogP contribution is -2.37. The molecule has 1 aromatic rings. The van der Waals surface area contributed by atoms with Crippen LogP contribution in [0.1, 0.15) is 17.3 Å². The Morgan fingerprint density at radius 3 is 2.74 bits per heavy atom. The van der Waals surface area contributed by atoms with E-state index in [2.05, 4.69) is 16.6 Å². The lowest BCUT2D eigenvalue weighted by atomic mass is 10.2. The number of hydrogen-bond acceptors (Lipinski definition) is 3. The maximum atomic E-state index is 11.9. The van der Waals surface area contributed by atoms with Gasteiger partial charge in [-0.05, 0) is 19.1 Å². The molecule has 2 amide bonds. The summed E-state index contributed by atoms with van der Waals surface area (Å²) >= 11 is 0. The second-order valence-electron chi connectivity index (χ2n) is 3.59. The van der Waals surface area contributed by atoms with E-state index in [0.717, 1.165) is 0 Å². The molecule has 0 aliphatic carbocycles. The third kappa shape index (κ3) is 4.72. The quantitative estimate of drug-likeness (QED) is 0.735. The Bertz CT molecular complexity index is 492. The van der Waals surface area contributed by atoms with Crippen molar-refractivity contribution in [1.29, 1.82) is 0 Å². The van der Waals surface area contributed by atoms with Crippen molar-refractivity contribution < 1.29 is 14.3 Å². The van der Waals surface area contributed by atoms with Crippen LogP contribution in [0.3, 0.4) is 0 Å². The SMILES string of the molecule is C#CCNC(=O)CNC(=O)c1ccccc1OCC.